The number of nitrogens with zero attached hydrogens (tertiary/aromatic N) is 7. The monoisotopic (exact) mass is 535 g/mol. The number of ether oxygens (including phenoxy) is 1. The molecule has 160 valence electrons. The predicted octanol–water partition coefficient (Wildman–Crippen LogP) is 1.73. The first-order valence-corrected chi connectivity index (χ1v) is 10.4. The summed E-state index contributed by atoms with van der Waals surface area (Å²) in [6, 6.07) is 6.96. The number of azide groups is 1. The van der Waals surface area contributed by atoms with Crippen LogP contribution in [0.25, 0.3) is 21.6 Å². The standard InChI is InChI=1S/C18H18IN9O3/c1-21-17(30)14-11(26-27-20)13(29)18(31-14)28-8-25-12-15(23-7-24-16(12)28)22-6-9-3-2-4-10(19)5-9/h2-5,7-8,11,13-14,18,29H,6H2,1H3,(H,21,30)(H,22,23,24)/t11?,13-,14+,18-/m1/s1. The van der Waals surface area contributed by atoms with E-state index >= 15 is 0 Å². The summed E-state index contributed by atoms with van der Waals surface area (Å²) in [6.45, 7) is 0.538. The molecule has 13 heteroatoms. The Morgan fingerprint density at radius 2 is 2.26 bits per heavy atom. The SMILES string of the molecule is CNC(=O)[C@H]1O[C@@H](n2cnc3c(NCc4cccc(I)c4)ncnc32)[C@H](O)C1N=[N+]=[N-]. The molecular formula is C18H18IN9O3. The van der Waals surface area contributed by atoms with Gasteiger partial charge in [0, 0.05) is 22.1 Å². The second kappa shape index (κ2) is 9.01. The van der Waals surface area contributed by atoms with Gasteiger partial charge in [0.05, 0.1) is 6.33 Å². The Balaban J connectivity index is 1.63. The maximum Gasteiger partial charge on any atom is 0.249 e. The van der Waals surface area contributed by atoms with Gasteiger partial charge in [0.1, 0.15) is 24.6 Å². The maximum atomic E-state index is 12.1. The Hall–Kier alpha value is -3.00. The summed E-state index contributed by atoms with van der Waals surface area (Å²) in [7, 11) is 1.43. The lowest BCUT2D eigenvalue weighted by atomic mass is 10.1. The summed E-state index contributed by atoms with van der Waals surface area (Å²) in [5, 5.41) is 19.9. The highest BCUT2D eigenvalue weighted by Crippen LogP contribution is 2.34. The highest BCUT2D eigenvalue weighted by Gasteiger charge is 2.48. The number of aromatic nitrogens is 4. The lowest BCUT2D eigenvalue weighted by Crippen LogP contribution is -2.40. The van der Waals surface area contributed by atoms with Crippen molar-refractivity contribution >= 4 is 45.5 Å². The molecule has 12 nitrogen and oxygen atoms in total. The molecule has 2 aromatic heterocycles. The van der Waals surface area contributed by atoms with Gasteiger partial charge < -0.3 is 20.5 Å². The zero-order valence-corrected chi connectivity index (χ0v) is 18.4. The van der Waals surface area contributed by atoms with Gasteiger partial charge in [-0.3, -0.25) is 9.36 Å². The van der Waals surface area contributed by atoms with Crippen molar-refractivity contribution in [3.63, 3.8) is 0 Å². The van der Waals surface area contributed by atoms with Crippen molar-refractivity contribution in [2.45, 2.75) is 31.0 Å². The number of fused-ring (bicyclic) bond motifs is 1. The highest BCUT2D eigenvalue weighted by molar-refractivity contribution is 14.1. The van der Waals surface area contributed by atoms with Crippen molar-refractivity contribution in [1.82, 2.24) is 24.8 Å². The smallest absolute Gasteiger partial charge is 0.249 e. The molecule has 0 saturated carbocycles. The van der Waals surface area contributed by atoms with Crippen LogP contribution in [0.4, 0.5) is 5.82 Å². The first-order valence-electron chi connectivity index (χ1n) is 9.28. The van der Waals surface area contributed by atoms with Crippen LogP contribution < -0.4 is 10.6 Å². The molecule has 1 aliphatic heterocycles. The average Bonchev–Trinajstić information content (AvgIpc) is 3.34. The van der Waals surface area contributed by atoms with E-state index in [4.69, 9.17) is 10.3 Å². The zero-order valence-electron chi connectivity index (χ0n) is 16.3. The average molecular weight is 535 g/mol. The number of hydrogen-bond acceptors (Lipinski definition) is 8. The van der Waals surface area contributed by atoms with E-state index < -0.39 is 30.4 Å². The van der Waals surface area contributed by atoms with Gasteiger partial charge >= 0.3 is 0 Å². The van der Waals surface area contributed by atoms with Gasteiger partial charge in [-0.05, 0) is 45.8 Å². The molecule has 1 amide bonds. The number of likely N-dealkylation sites (N-methyl/N-ethyl adjacent to an activating group) is 1. The molecule has 1 aliphatic rings. The third-order valence-corrected chi connectivity index (χ3v) is 5.58. The lowest BCUT2D eigenvalue weighted by Gasteiger charge is -2.16. The number of imidazole rings is 1. The number of anilines is 1. The topological polar surface area (TPSA) is 163 Å². The fourth-order valence-electron chi connectivity index (χ4n) is 3.44. The fourth-order valence-corrected chi connectivity index (χ4v) is 4.04. The first-order chi connectivity index (χ1) is 15.0. The molecule has 1 aromatic carbocycles. The lowest BCUT2D eigenvalue weighted by molar-refractivity contribution is -0.134. The van der Waals surface area contributed by atoms with Gasteiger partial charge in [-0.1, -0.05) is 17.2 Å². The summed E-state index contributed by atoms with van der Waals surface area (Å²) >= 11 is 2.25. The Morgan fingerprint density at radius 1 is 1.42 bits per heavy atom. The van der Waals surface area contributed by atoms with Crippen molar-refractivity contribution in [3.05, 3.63) is 56.5 Å². The molecule has 0 bridgehead atoms. The molecule has 4 rings (SSSR count). The summed E-state index contributed by atoms with van der Waals surface area (Å²) < 4.78 is 8.37. The molecule has 3 heterocycles. The summed E-state index contributed by atoms with van der Waals surface area (Å²) in [5.41, 5.74) is 10.8. The van der Waals surface area contributed by atoms with Crippen molar-refractivity contribution in [3.8, 4) is 0 Å². The van der Waals surface area contributed by atoms with E-state index in [0.717, 1.165) is 9.13 Å². The van der Waals surface area contributed by atoms with Crippen LogP contribution >= 0.6 is 22.6 Å². The fraction of sp³-hybridized carbons (Fsp3) is 0.333. The van der Waals surface area contributed by atoms with Crippen molar-refractivity contribution in [2.75, 3.05) is 12.4 Å². The van der Waals surface area contributed by atoms with E-state index in [9.17, 15) is 9.90 Å². The molecule has 1 saturated heterocycles. The van der Waals surface area contributed by atoms with Gasteiger partial charge in [-0.15, -0.1) is 0 Å². The van der Waals surface area contributed by atoms with Crippen LogP contribution in [0.15, 0.2) is 42.0 Å². The predicted molar refractivity (Wildman–Crippen MR) is 119 cm³/mol. The highest BCUT2D eigenvalue weighted by atomic mass is 127. The third-order valence-electron chi connectivity index (χ3n) is 4.91. The van der Waals surface area contributed by atoms with Crippen molar-refractivity contribution < 1.29 is 14.6 Å². The van der Waals surface area contributed by atoms with Crippen molar-refractivity contribution in [1.29, 1.82) is 0 Å². The Bertz CT molecular complexity index is 1160. The van der Waals surface area contributed by atoms with Crippen LogP contribution in [0, 0.1) is 3.57 Å². The molecule has 1 fully saturated rings. The van der Waals surface area contributed by atoms with Crippen LogP contribution in [0.1, 0.15) is 11.8 Å². The minimum atomic E-state index is -1.27. The molecule has 1 unspecified atom stereocenters. The third kappa shape index (κ3) is 4.12. The summed E-state index contributed by atoms with van der Waals surface area (Å²) in [5.74, 6) is 0.0161. The minimum Gasteiger partial charge on any atom is -0.388 e. The number of aliphatic hydroxyl groups is 1. The van der Waals surface area contributed by atoms with Gasteiger partial charge in [-0.25, -0.2) is 15.0 Å². The van der Waals surface area contributed by atoms with Crippen LogP contribution in [0.2, 0.25) is 0 Å². The number of nitrogens with one attached hydrogen (secondary N) is 2. The number of benzene rings is 1. The molecule has 0 aliphatic carbocycles. The van der Waals surface area contributed by atoms with E-state index in [1.54, 1.807) is 0 Å². The Labute approximate surface area is 189 Å². The van der Waals surface area contributed by atoms with E-state index in [0.29, 0.717) is 23.5 Å². The van der Waals surface area contributed by atoms with Gasteiger partial charge in [0.15, 0.2) is 23.2 Å². The molecule has 3 aromatic rings. The molecular weight excluding hydrogens is 517 g/mol. The number of hydrogen-bond donors (Lipinski definition) is 3. The number of amides is 1. The van der Waals surface area contributed by atoms with E-state index in [-0.39, 0.29) is 0 Å². The zero-order chi connectivity index (χ0) is 22.0. The number of halogens is 1. The Morgan fingerprint density at radius 3 is 3.00 bits per heavy atom. The molecule has 0 radical (unpaired) electrons. The Kier molecular flexibility index (Phi) is 6.18. The first kappa shape index (κ1) is 21.2. The van der Waals surface area contributed by atoms with E-state index in [1.807, 2.05) is 18.2 Å². The van der Waals surface area contributed by atoms with Crippen LogP contribution in [-0.4, -0.2) is 55.8 Å². The molecule has 4 atom stereocenters. The van der Waals surface area contributed by atoms with Crippen molar-refractivity contribution in [2.24, 2.45) is 5.11 Å². The van der Waals surface area contributed by atoms with Crippen LogP contribution in [-0.2, 0) is 16.1 Å². The van der Waals surface area contributed by atoms with Gasteiger partial charge in [0.2, 0.25) is 5.91 Å². The van der Waals surface area contributed by atoms with E-state index in [2.05, 4.69) is 64.3 Å². The number of aliphatic hydroxyl groups excluding tert-OH is 1. The second-order valence-electron chi connectivity index (χ2n) is 6.78. The quantitative estimate of drug-likeness (QED) is 0.187. The van der Waals surface area contributed by atoms with Gasteiger partial charge in [0.25, 0.3) is 0 Å². The number of carbonyl (C=O) groups excluding carboxylic acids is 1. The second-order valence-corrected chi connectivity index (χ2v) is 8.02. The van der Waals surface area contributed by atoms with Crippen LogP contribution in [0.5, 0.6) is 0 Å². The summed E-state index contributed by atoms with van der Waals surface area (Å²) in [4.78, 5) is 27.8. The summed E-state index contributed by atoms with van der Waals surface area (Å²) in [6.07, 6.45) is -0.600. The maximum absolute atomic E-state index is 12.1. The molecule has 0 spiro atoms. The van der Waals surface area contributed by atoms with E-state index in [1.165, 1.54) is 24.3 Å². The minimum absolute atomic E-state index is 0.404. The van der Waals surface area contributed by atoms with Crippen LogP contribution in [0.3, 0.4) is 0 Å². The largest absolute Gasteiger partial charge is 0.388 e. The normalized spacial score (nSPS) is 22.8. The van der Waals surface area contributed by atoms with Gasteiger partial charge in [-0.2, -0.15) is 0 Å². The molecule has 3 N–H and O–H groups in total. The molecule has 31 heavy (non-hydrogen) atoms. The number of rotatable bonds is 6. The number of carbonyl (C=O) groups is 1.